The summed E-state index contributed by atoms with van der Waals surface area (Å²) in [6.45, 7) is 2.07. The maximum Gasteiger partial charge on any atom is 0.0510 e. The van der Waals surface area contributed by atoms with Gasteiger partial charge in [-0.3, -0.25) is 0 Å². The van der Waals surface area contributed by atoms with Crippen LogP contribution in [-0.4, -0.2) is 11.4 Å². The molecule has 12 heavy (non-hydrogen) atoms. The third-order valence-electron chi connectivity index (χ3n) is 1.91. The van der Waals surface area contributed by atoms with Gasteiger partial charge in [0.2, 0.25) is 0 Å². The van der Waals surface area contributed by atoms with E-state index in [0.29, 0.717) is 0 Å². The third kappa shape index (κ3) is 2.09. The second-order valence-electron chi connectivity index (χ2n) is 2.69. The van der Waals surface area contributed by atoms with Gasteiger partial charge in [0.15, 0.2) is 0 Å². The van der Waals surface area contributed by atoms with E-state index in [9.17, 15) is 0 Å². The van der Waals surface area contributed by atoms with Crippen molar-refractivity contribution < 1.29 is 5.21 Å². The van der Waals surface area contributed by atoms with E-state index in [-0.39, 0.29) is 5.92 Å². The minimum atomic E-state index is 0.233. The first-order valence-electron chi connectivity index (χ1n) is 4.11. The molecular formula is C10H13NO. The number of nitrogens with zero attached hydrogens (tertiary/aromatic N) is 1. The smallest absolute Gasteiger partial charge is 0.0510 e. The van der Waals surface area contributed by atoms with Crippen LogP contribution in [0.2, 0.25) is 0 Å². The molecule has 2 heteroatoms. The molecule has 1 aromatic rings. The molecule has 64 valence electrons. The number of oxime groups is 1. The van der Waals surface area contributed by atoms with E-state index in [4.69, 9.17) is 5.21 Å². The molecular weight excluding hydrogens is 150 g/mol. The summed E-state index contributed by atoms with van der Waals surface area (Å²) in [6.07, 6.45) is 2.52. The molecule has 0 bridgehead atoms. The van der Waals surface area contributed by atoms with Crippen molar-refractivity contribution in [1.82, 2.24) is 0 Å². The zero-order valence-corrected chi connectivity index (χ0v) is 7.14. The quantitative estimate of drug-likeness (QED) is 0.414. The Kier molecular flexibility index (Phi) is 3.33. The standard InChI is InChI=1S/C10H13NO/c1-2-9(8-11-12)10-6-4-3-5-7-10/h3-9,12H,2H2,1H3. The van der Waals surface area contributed by atoms with Crippen LogP contribution < -0.4 is 0 Å². The average Bonchev–Trinajstić information content (AvgIpc) is 2.15. The lowest BCUT2D eigenvalue weighted by molar-refractivity contribution is 0.319. The predicted molar refractivity (Wildman–Crippen MR) is 49.8 cm³/mol. The summed E-state index contributed by atoms with van der Waals surface area (Å²) >= 11 is 0. The summed E-state index contributed by atoms with van der Waals surface area (Å²) < 4.78 is 0. The Labute approximate surface area is 72.5 Å². The van der Waals surface area contributed by atoms with E-state index in [1.165, 1.54) is 5.56 Å². The van der Waals surface area contributed by atoms with Gasteiger partial charge < -0.3 is 5.21 Å². The molecule has 0 aliphatic carbocycles. The fraction of sp³-hybridized carbons (Fsp3) is 0.300. The van der Waals surface area contributed by atoms with Gasteiger partial charge in [0.1, 0.15) is 0 Å². The van der Waals surface area contributed by atoms with E-state index < -0.39 is 0 Å². The Morgan fingerprint density at radius 3 is 2.58 bits per heavy atom. The minimum Gasteiger partial charge on any atom is -0.411 e. The van der Waals surface area contributed by atoms with Crippen LogP contribution in [0.25, 0.3) is 0 Å². The molecule has 0 amide bonds. The van der Waals surface area contributed by atoms with Gasteiger partial charge >= 0.3 is 0 Å². The van der Waals surface area contributed by atoms with Crippen molar-refractivity contribution in [1.29, 1.82) is 0 Å². The highest BCUT2D eigenvalue weighted by atomic mass is 16.4. The van der Waals surface area contributed by atoms with Crippen molar-refractivity contribution in [3.8, 4) is 0 Å². The van der Waals surface area contributed by atoms with Crippen molar-refractivity contribution in [2.75, 3.05) is 0 Å². The van der Waals surface area contributed by atoms with Gasteiger partial charge in [-0.2, -0.15) is 0 Å². The molecule has 1 rings (SSSR count). The topological polar surface area (TPSA) is 32.6 Å². The minimum absolute atomic E-state index is 0.233. The highest BCUT2D eigenvalue weighted by Gasteiger charge is 2.04. The van der Waals surface area contributed by atoms with Crippen LogP contribution in [-0.2, 0) is 0 Å². The van der Waals surface area contributed by atoms with Crippen LogP contribution in [0.4, 0.5) is 0 Å². The molecule has 0 saturated heterocycles. The van der Waals surface area contributed by atoms with Crippen LogP contribution >= 0.6 is 0 Å². The molecule has 0 saturated carbocycles. The van der Waals surface area contributed by atoms with E-state index in [0.717, 1.165) is 6.42 Å². The predicted octanol–water partition coefficient (Wildman–Crippen LogP) is 2.64. The second kappa shape index (κ2) is 4.54. The monoisotopic (exact) mass is 163 g/mol. The van der Waals surface area contributed by atoms with E-state index >= 15 is 0 Å². The lowest BCUT2D eigenvalue weighted by Gasteiger charge is -2.07. The molecule has 1 atom stereocenters. The van der Waals surface area contributed by atoms with E-state index in [2.05, 4.69) is 12.1 Å². The highest BCUT2D eigenvalue weighted by molar-refractivity contribution is 5.66. The summed E-state index contributed by atoms with van der Waals surface area (Å²) in [7, 11) is 0. The summed E-state index contributed by atoms with van der Waals surface area (Å²) in [6, 6.07) is 10.0. The maximum atomic E-state index is 8.40. The molecule has 0 fully saturated rings. The first kappa shape index (κ1) is 8.78. The van der Waals surface area contributed by atoms with E-state index in [1.54, 1.807) is 6.21 Å². The first-order chi connectivity index (χ1) is 5.88. The Balaban J connectivity index is 2.80. The second-order valence-corrected chi connectivity index (χ2v) is 2.69. The third-order valence-corrected chi connectivity index (χ3v) is 1.91. The number of hydrogen-bond donors (Lipinski definition) is 1. The largest absolute Gasteiger partial charge is 0.411 e. The van der Waals surface area contributed by atoms with Gasteiger partial charge in [-0.25, -0.2) is 0 Å². The van der Waals surface area contributed by atoms with Gasteiger partial charge in [-0.1, -0.05) is 37.3 Å². The van der Waals surface area contributed by atoms with Crippen LogP contribution in [0.1, 0.15) is 24.8 Å². The lowest BCUT2D eigenvalue weighted by atomic mass is 9.98. The molecule has 2 nitrogen and oxygen atoms in total. The number of hydrogen-bond acceptors (Lipinski definition) is 2. The fourth-order valence-electron chi connectivity index (χ4n) is 1.21. The van der Waals surface area contributed by atoms with Crippen molar-refractivity contribution in [2.45, 2.75) is 19.3 Å². The van der Waals surface area contributed by atoms with Gasteiger partial charge in [0.05, 0.1) is 6.21 Å². The molecule has 0 radical (unpaired) electrons. The van der Waals surface area contributed by atoms with Gasteiger partial charge in [-0.05, 0) is 12.0 Å². The van der Waals surface area contributed by atoms with Crippen LogP contribution in [0, 0.1) is 0 Å². The molecule has 0 aliphatic heterocycles. The molecule has 0 aliphatic rings. The average molecular weight is 163 g/mol. The van der Waals surface area contributed by atoms with Crippen molar-refractivity contribution in [2.24, 2.45) is 5.16 Å². The van der Waals surface area contributed by atoms with Crippen LogP contribution in [0.5, 0.6) is 0 Å². The Hall–Kier alpha value is -1.31. The molecule has 1 unspecified atom stereocenters. The van der Waals surface area contributed by atoms with E-state index in [1.807, 2.05) is 30.3 Å². The van der Waals surface area contributed by atoms with Gasteiger partial charge in [0, 0.05) is 5.92 Å². The first-order valence-corrected chi connectivity index (χ1v) is 4.11. The Morgan fingerprint density at radius 1 is 1.42 bits per heavy atom. The van der Waals surface area contributed by atoms with Crippen molar-refractivity contribution in [3.05, 3.63) is 35.9 Å². The van der Waals surface area contributed by atoms with Gasteiger partial charge in [0.25, 0.3) is 0 Å². The molecule has 1 aromatic carbocycles. The Morgan fingerprint density at radius 2 is 2.08 bits per heavy atom. The van der Waals surface area contributed by atoms with Crippen LogP contribution in [0.15, 0.2) is 35.5 Å². The summed E-state index contributed by atoms with van der Waals surface area (Å²) in [5.41, 5.74) is 1.19. The normalized spacial score (nSPS) is 13.4. The van der Waals surface area contributed by atoms with Gasteiger partial charge in [-0.15, -0.1) is 5.16 Å². The zero-order chi connectivity index (χ0) is 8.81. The zero-order valence-electron chi connectivity index (χ0n) is 7.14. The Bertz CT molecular complexity index is 243. The SMILES string of the molecule is CCC(C=NO)c1ccccc1. The molecule has 0 spiro atoms. The van der Waals surface area contributed by atoms with Crippen molar-refractivity contribution in [3.63, 3.8) is 0 Å². The highest BCUT2D eigenvalue weighted by Crippen LogP contribution is 2.16. The molecule has 1 N–H and O–H groups in total. The van der Waals surface area contributed by atoms with Crippen LogP contribution in [0.3, 0.4) is 0 Å². The number of benzene rings is 1. The molecule has 0 heterocycles. The fourth-order valence-corrected chi connectivity index (χ4v) is 1.21. The molecule has 0 aromatic heterocycles. The lowest BCUT2D eigenvalue weighted by Crippen LogP contribution is -1.97. The summed E-state index contributed by atoms with van der Waals surface area (Å²) in [5, 5.41) is 11.5. The van der Waals surface area contributed by atoms with Crippen molar-refractivity contribution >= 4 is 6.21 Å². The maximum absolute atomic E-state index is 8.40. The number of rotatable bonds is 3. The summed E-state index contributed by atoms with van der Waals surface area (Å²) in [4.78, 5) is 0. The summed E-state index contributed by atoms with van der Waals surface area (Å²) in [5.74, 6) is 0.233.